The van der Waals surface area contributed by atoms with Crippen molar-refractivity contribution in [3.8, 4) is 34.5 Å². The normalized spacial score (nSPS) is 10.5. The van der Waals surface area contributed by atoms with Crippen molar-refractivity contribution in [1.82, 2.24) is 4.98 Å². The lowest BCUT2D eigenvalue weighted by molar-refractivity contribution is -0.111. The number of aromatic nitrogens is 1. The second-order valence-electron chi connectivity index (χ2n) is 7.22. The van der Waals surface area contributed by atoms with E-state index in [0.29, 0.717) is 57.3 Å². The highest BCUT2D eigenvalue weighted by Gasteiger charge is 2.15. The molecular formula is C26H29N3O7. The first-order chi connectivity index (χ1) is 17.5. The molecule has 3 aromatic rings. The number of nitrogens with one attached hydrogen (secondary N) is 2. The zero-order chi connectivity index (χ0) is 26.1. The predicted molar refractivity (Wildman–Crippen MR) is 137 cm³/mol. The summed E-state index contributed by atoms with van der Waals surface area (Å²) >= 11 is 0. The maximum absolute atomic E-state index is 12.7. The number of benzene rings is 2. The van der Waals surface area contributed by atoms with Crippen LogP contribution in [-0.4, -0.2) is 53.5 Å². The highest BCUT2D eigenvalue weighted by molar-refractivity contribution is 6.03. The average molecular weight is 496 g/mol. The van der Waals surface area contributed by atoms with Gasteiger partial charge < -0.3 is 39.1 Å². The van der Waals surface area contributed by atoms with Gasteiger partial charge in [-0.05, 0) is 35.9 Å². The molecule has 0 aliphatic rings. The molecule has 0 saturated carbocycles. The SMILES string of the molecule is COc1cc(/C=C/C(=O)Nc2cccnc2Nc2cc(OC)c(OC)c(OC)c2)cc(OC)c1OC. The lowest BCUT2D eigenvalue weighted by Crippen LogP contribution is -2.10. The number of ether oxygens (including phenoxy) is 6. The second-order valence-corrected chi connectivity index (χ2v) is 7.22. The molecule has 0 bridgehead atoms. The molecule has 10 nitrogen and oxygen atoms in total. The molecule has 1 aromatic heterocycles. The highest BCUT2D eigenvalue weighted by Crippen LogP contribution is 2.41. The molecule has 1 amide bonds. The third-order valence-electron chi connectivity index (χ3n) is 5.11. The molecule has 0 saturated heterocycles. The number of pyridine rings is 1. The number of carbonyl (C=O) groups is 1. The molecule has 2 N–H and O–H groups in total. The van der Waals surface area contributed by atoms with E-state index < -0.39 is 0 Å². The summed E-state index contributed by atoms with van der Waals surface area (Å²) in [7, 11) is 9.19. The fourth-order valence-electron chi connectivity index (χ4n) is 3.44. The Morgan fingerprint density at radius 3 is 1.81 bits per heavy atom. The van der Waals surface area contributed by atoms with Gasteiger partial charge in [-0.2, -0.15) is 0 Å². The minimum Gasteiger partial charge on any atom is -0.493 e. The van der Waals surface area contributed by atoms with Gasteiger partial charge >= 0.3 is 0 Å². The van der Waals surface area contributed by atoms with Crippen LogP contribution in [0.5, 0.6) is 34.5 Å². The number of rotatable bonds is 11. The molecule has 3 rings (SSSR count). The van der Waals surface area contributed by atoms with E-state index in [-0.39, 0.29) is 5.91 Å². The highest BCUT2D eigenvalue weighted by atomic mass is 16.5. The van der Waals surface area contributed by atoms with E-state index in [1.54, 1.807) is 48.7 Å². The third-order valence-corrected chi connectivity index (χ3v) is 5.11. The van der Waals surface area contributed by atoms with Crippen LogP contribution in [0.25, 0.3) is 6.08 Å². The van der Waals surface area contributed by atoms with Crippen molar-refractivity contribution >= 4 is 29.2 Å². The Balaban J connectivity index is 1.82. The van der Waals surface area contributed by atoms with Gasteiger partial charge in [-0.1, -0.05) is 0 Å². The first-order valence-electron chi connectivity index (χ1n) is 10.8. The standard InChI is InChI=1S/C26H29N3O7/c1-31-19-12-16(13-20(32-2)24(19)35-5)9-10-23(30)29-18-8-7-11-27-26(18)28-17-14-21(33-3)25(36-6)22(15-17)34-4/h7-15H,1-6H3,(H,27,28)(H,29,30)/b10-9+. The monoisotopic (exact) mass is 495 g/mol. The van der Waals surface area contributed by atoms with Crippen LogP contribution in [0.4, 0.5) is 17.2 Å². The Bertz CT molecular complexity index is 1190. The van der Waals surface area contributed by atoms with Gasteiger partial charge in [0.1, 0.15) is 0 Å². The maximum Gasteiger partial charge on any atom is 0.248 e. The Morgan fingerprint density at radius 1 is 0.778 bits per heavy atom. The van der Waals surface area contributed by atoms with Gasteiger partial charge in [0.2, 0.25) is 17.4 Å². The summed E-state index contributed by atoms with van der Waals surface area (Å²) in [6, 6.07) is 10.4. The van der Waals surface area contributed by atoms with Gasteiger partial charge in [0.05, 0.1) is 48.3 Å². The Labute approximate surface area is 209 Å². The Hall–Kier alpha value is -4.60. The molecule has 10 heteroatoms. The number of nitrogens with zero attached hydrogens (tertiary/aromatic N) is 1. The molecule has 0 atom stereocenters. The number of methoxy groups -OCH3 is 6. The number of anilines is 3. The maximum atomic E-state index is 12.7. The fraction of sp³-hybridized carbons (Fsp3) is 0.231. The van der Waals surface area contributed by atoms with Gasteiger partial charge in [-0.3, -0.25) is 4.79 Å². The smallest absolute Gasteiger partial charge is 0.248 e. The summed E-state index contributed by atoms with van der Waals surface area (Å²) in [4.78, 5) is 17.1. The van der Waals surface area contributed by atoms with E-state index in [1.807, 2.05) is 0 Å². The largest absolute Gasteiger partial charge is 0.493 e. The molecule has 0 spiro atoms. The predicted octanol–water partition coefficient (Wildman–Crippen LogP) is 4.53. The quantitative estimate of drug-likeness (QED) is 0.371. The van der Waals surface area contributed by atoms with E-state index in [1.165, 1.54) is 48.7 Å². The zero-order valence-electron chi connectivity index (χ0n) is 21.0. The fourth-order valence-corrected chi connectivity index (χ4v) is 3.44. The number of hydrogen-bond donors (Lipinski definition) is 2. The van der Waals surface area contributed by atoms with E-state index >= 15 is 0 Å². The van der Waals surface area contributed by atoms with Crippen molar-refractivity contribution in [3.05, 3.63) is 54.2 Å². The summed E-state index contributed by atoms with van der Waals surface area (Å²) < 4.78 is 32.2. The van der Waals surface area contributed by atoms with Crippen molar-refractivity contribution in [1.29, 1.82) is 0 Å². The lowest BCUT2D eigenvalue weighted by Gasteiger charge is -2.16. The molecule has 1 heterocycles. The first kappa shape index (κ1) is 26.0. The van der Waals surface area contributed by atoms with Crippen LogP contribution < -0.4 is 39.1 Å². The van der Waals surface area contributed by atoms with Gasteiger partial charge in [0.15, 0.2) is 28.8 Å². The number of amides is 1. The average Bonchev–Trinajstić information content (AvgIpc) is 2.91. The van der Waals surface area contributed by atoms with Crippen LogP contribution in [0.1, 0.15) is 5.56 Å². The van der Waals surface area contributed by atoms with Crippen LogP contribution in [0, 0.1) is 0 Å². The van der Waals surface area contributed by atoms with Crippen molar-refractivity contribution in [2.45, 2.75) is 0 Å². The summed E-state index contributed by atoms with van der Waals surface area (Å²) in [5.41, 5.74) is 1.80. The van der Waals surface area contributed by atoms with Crippen molar-refractivity contribution < 1.29 is 33.2 Å². The molecular weight excluding hydrogens is 466 g/mol. The van der Waals surface area contributed by atoms with Crippen LogP contribution >= 0.6 is 0 Å². The van der Waals surface area contributed by atoms with Crippen LogP contribution in [0.15, 0.2) is 48.7 Å². The van der Waals surface area contributed by atoms with E-state index in [0.717, 1.165) is 0 Å². The third kappa shape index (κ3) is 5.90. The van der Waals surface area contributed by atoms with Gasteiger partial charge in [-0.15, -0.1) is 0 Å². The first-order valence-corrected chi connectivity index (χ1v) is 10.8. The molecule has 36 heavy (non-hydrogen) atoms. The van der Waals surface area contributed by atoms with E-state index in [2.05, 4.69) is 15.6 Å². The van der Waals surface area contributed by atoms with Crippen molar-refractivity contribution in [3.63, 3.8) is 0 Å². The summed E-state index contributed by atoms with van der Waals surface area (Å²) in [6.45, 7) is 0. The minimum atomic E-state index is -0.357. The number of carbonyl (C=O) groups excluding carboxylic acids is 1. The molecule has 0 radical (unpaired) electrons. The summed E-state index contributed by atoms with van der Waals surface area (Å²) in [5.74, 6) is 2.95. The molecule has 0 aliphatic carbocycles. The van der Waals surface area contributed by atoms with E-state index in [4.69, 9.17) is 28.4 Å². The van der Waals surface area contributed by atoms with Crippen LogP contribution in [-0.2, 0) is 4.79 Å². The van der Waals surface area contributed by atoms with Gasteiger partial charge in [-0.25, -0.2) is 4.98 Å². The Morgan fingerprint density at radius 2 is 1.31 bits per heavy atom. The minimum absolute atomic E-state index is 0.357. The van der Waals surface area contributed by atoms with Crippen LogP contribution in [0.3, 0.4) is 0 Å². The zero-order valence-corrected chi connectivity index (χ0v) is 21.0. The van der Waals surface area contributed by atoms with E-state index in [9.17, 15) is 4.79 Å². The number of hydrogen-bond acceptors (Lipinski definition) is 9. The lowest BCUT2D eigenvalue weighted by atomic mass is 10.1. The topological polar surface area (TPSA) is 109 Å². The summed E-state index contributed by atoms with van der Waals surface area (Å²) in [6.07, 6.45) is 4.65. The summed E-state index contributed by atoms with van der Waals surface area (Å²) in [5, 5.41) is 6.02. The molecule has 2 aromatic carbocycles. The van der Waals surface area contributed by atoms with Crippen LogP contribution in [0.2, 0.25) is 0 Å². The Kier molecular flexibility index (Phi) is 8.82. The van der Waals surface area contributed by atoms with Crippen molar-refractivity contribution in [2.75, 3.05) is 53.3 Å². The molecule has 190 valence electrons. The van der Waals surface area contributed by atoms with Gasteiger partial charge in [0, 0.05) is 30.1 Å². The molecule has 0 fully saturated rings. The molecule has 0 aliphatic heterocycles. The second kappa shape index (κ2) is 12.2. The van der Waals surface area contributed by atoms with Gasteiger partial charge in [0.25, 0.3) is 0 Å². The molecule has 0 unspecified atom stereocenters. The van der Waals surface area contributed by atoms with Crippen molar-refractivity contribution in [2.24, 2.45) is 0 Å².